The van der Waals surface area contributed by atoms with Crippen LogP contribution in [0.25, 0.3) is 0 Å². The Hall–Kier alpha value is -1.22. The van der Waals surface area contributed by atoms with E-state index in [4.69, 9.17) is 16.3 Å². The fourth-order valence-electron chi connectivity index (χ4n) is 1.99. The van der Waals surface area contributed by atoms with E-state index in [1.54, 1.807) is 18.2 Å². The first-order chi connectivity index (χ1) is 9.06. The van der Waals surface area contributed by atoms with Crippen LogP contribution in [0.1, 0.15) is 40.0 Å². The van der Waals surface area contributed by atoms with Gasteiger partial charge in [0, 0.05) is 11.4 Å². The van der Waals surface area contributed by atoms with E-state index >= 15 is 0 Å². The highest BCUT2D eigenvalue weighted by molar-refractivity contribution is 6.31. The number of ether oxygens (including phenoxy) is 1. The largest absolute Gasteiger partial charge is 0.492 e. The number of halogens is 1. The molecule has 3 nitrogen and oxygen atoms in total. The highest BCUT2D eigenvalue weighted by atomic mass is 35.5. The normalized spacial score (nSPS) is 12.0. The Morgan fingerprint density at radius 2 is 2.16 bits per heavy atom. The van der Waals surface area contributed by atoms with E-state index < -0.39 is 0 Å². The molecule has 0 saturated heterocycles. The number of nitrogens with one attached hydrogen (secondary N) is 1. The van der Waals surface area contributed by atoms with Gasteiger partial charge in [-0.15, -0.1) is 0 Å². The fourth-order valence-corrected chi connectivity index (χ4v) is 2.17. The van der Waals surface area contributed by atoms with Crippen LogP contribution in [0.2, 0.25) is 5.02 Å². The summed E-state index contributed by atoms with van der Waals surface area (Å²) in [6.45, 7) is 6.67. The predicted molar refractivity (Wildman–Crippen MR) is 79.9 cm³/mol. The molecule has 0 bridgehead atoms. The molecule has 0 aromatic heterocycles. The lowest BCUT2D eigenvalue weighted by molar-refractivity contribution is -0.117. The topological polar surface area (TPSA) is 38.3 Å². The van der Waals surface area contributed by atoms with Gasteiger partial charge in [-0.25, -0.2) is 0 Å². The zero-order valence-corrected chi connectivity index (χ0v) is 12.6. The van der Waals surface area contributed by atoms with Gasteiger partial charge in [0.15, 0.2) is 0 Å². The SMILES string of the molecule is CCCC(C)CC(=O)Nc1cc(Cl)ccc1OCC. The Morgan fingerprint density at radius 1 is 1.42 bits per heavy atom. The van der Waals surface area contributed by atoms with Crippen molar-refractivity contribution in [2.24, 2.45) is 5.92 Å². The minimum atomic E-state index is 0.00386. The van der Waals surface area contributed by atoms with Crippen LogP contribution in [0.4, 0.5) is 5.69 Å². The van der Waals surface area contributed by atoms with E-state index in [0.29, 0.717) is 35.4 Å². The van der Waals surface area contributed by atoms with Gasteiger partial charge in [-0.05, 0) is 31.0 Å². The van der Waals surface area contributed by atoms with Gasteiger partial charge in [0.2, 0.25) is 5.91 Å². The van der Waals surface area contributed by atoms with Crippen molar-refractivity contribution in [2.75, 3.05) is 11.9 Å². The van der Waals surface area contributed by atoms with Gasteiger partial charge in [-0.3, -0.25) is 4.79 Å². The third-order valence-electron chi connectivity index (χ3n) is 2.83. The molecular weight excluding hydrogens is 262 g/mol. The molecule has 0 radical (unpaired) electrons. The molecule has 1 aromatic carbocycles. The van der Waals surface area contributed by atoms with Crippen LogP contribution in [0.5, 0.6) is 5.75 Å². The Kier molecular flexibility index (Phi) is 6.71. The molecule has 0 aliphatic heterocycles. The molecule has 1 atom stereocenters. The average Bonchev–Trinajstić information content (AvgIpc) is 2.32. The first-order valence-electron chi connectivity index (χ1n) is 6.79. The van der Waals surface area contributed by atoms with Crippen LogP contribution in [0, 0.1) is 5.92 Å². The number of rotatable bonds is 7. The first kappa shape index (κ1) is 15.8. The molecule has 0 aliphatic carbocycles. The maximum absolute atomic E-state index is 12.0. The van der Waals surface area contributed by atoms with Gasteiger partial charge < -0.3 is 10.1 Å². The Morgan fingerprint density at radius 3 is 2.79 bits per heavy atom. The summed E-state index contributed by atoms with van der Waals surface area (Å²) in [5.41, 5.74) is 0.642. The summed E-state index contributed by atoms with van der Waals surface area (Å²) in [4.78, 5) is 12.0. The van der Waals surface area contributed by atoms with Gasteiger partial charge in [0.25, 0.3) is 0 Å². The van der Waals surface area contributed by atoms with Crippen molar-refractivity contribution in [1.29, 1.82) is 0 Å². The molecule has 0 saturated carbocycles. The van der Waals surface area contributed by atoms with Crippen molar-refractivity contribution in [3.05, 3.63) is 23.2 Å². The number of hydrogen-bond donors (Lipinski definition) is 1. The molecule has 0 spiro atoms. The summed E-state index contributed by atoms with van der Waals surface area (Å²) in [5.74, 6) is 1.05. The van der Waals surface area contributed by atoms with Crippen molar-refractivity contribution >= 4 is 23.2 Å². The number of hydrogen-bond acceptors (Lipinski definition) is 2. The molecular formula is C15H22ClNO2. The van der Waals surface area contributed by atoms with Crippen LogP contribution in [0.3, 0.4) is 0 Å². The third-order valence-corrected chi connectivity index (χ3v) is 3.07. The number of benzene rings is 1. The Labute approximate surface area is 120 Å². The lowest BCUT2D eigenvalue weighted by Gasteiger charge is -2.14. The number of amides is 1. The zero-order chi connectivity index (χ0) is 14.3. The highest BCUT2D eigenvalue weighted by Gasteiger charge is 2.11. The predicted octanol–water partition coefficient (Wildman–Crippen LogP) is 4.50. The zero-order valence-electron chi connectivity index (χ0n) is 11.8. The minimum absolute atomic E-state index is 0.00386. The van der Waals surface area contributed by atoms with E-state index in [0.717, 1.165) is 12.8 Å². The monoisotopic (exact) mass is 283 g/mol. The van der Waals surface area contributed by atoms with Crippen LogP contribution >= 0.6 is 11.6 Å². The number of anilines is 1. The summed E-state index contributed by atoms with van der Waals surface area (Å²) in [6, 6.07) is 5.24. The maximum atomic E-state index is 12.0. The van der Waals surface area contributed by atoms with Gasteiger partial charge in [0.05, 0.1) is 12.3 Å². The lowest BCUT2D eigenvalue weighted by atomic mass is 10.0. The molecule has 0 aliphatic rings. The molecule has 19 heavy (non-hydrogen) atoms. The molecule has 1 aromatic rings. The molecule has 4 heteroatoms. The van der Waals surface area contributed by atoms with Gasteiger partial charge in [-0.1, -0.05) is 38.3 Å². The summed E-state index contributed by atoms with van der Waals surface area (Å²) in [5, 5.41) is 3.46. The van der Waals surface area contributed by atoms with Crippen molar-refractivity contribution in [1.82, 2.24) is 0 Å². The van der Waals surface area contributed by atoms with E-state index in [-0.39, 0.29) is 5.91 Å². The Balaban J connectivity index is 2.69. The van der Waals surface area contributed by atoms with E-state index in [9.17, 15) is 4.79 Å². The quantitative estimate of drug-likeness (QED) is 0.800. The fraction of sp³-hybridized carbons (Fsp3) is 0.533. The second-order valence-corrected chi connectivity index (χ2v) is 5.16. The molecule has 1 amide bonds. The first-order valence-corrected chi connectivity index (χ1v) is 7.16. The van der Waals surface area contributed by atoms with Crippen LogP contribution in [0.15, 0.2) is 18.2 Å². The van der Waals surface area contributed by atoms with Crippen LogP contribution < -0.4 is 10.1 Å². The summed E-state index contributed by atoms with van der Waals surface area (Å²) in [7, 11) is 0. The van der Waals surface area contributed by atoms with Gasteiger partial charge in [-0.2, -0.15) is 0 Å². The highest BCUT2D eigenvalue weighted by Crippen LogP contribution is 2.28. The third kappa shape index (κ3) is 5.52. The molecule has 1 unspecified atom stereocenters. The second-order valence-electron chi connectivity index (χ2n) is 4.72. The smallest absolute Gasteiger partial charge is 0.224 e. The molecule has 0 heterocycles. The average molecular weight is 284 g/mol. The van der Waals surface area contributed by atoms with Crippen LogP contribution in [-0.2, 0) is 4.79 Å². The molecule has 0 fully saturated rings. The van der Waals surface area contributed by atoms with Crippen molar-refractivity contribution in [2.45, 2.75) is 40.0 Å². The number of carbonyl (C=O) groups is 1. The van der Waals surface area contributed by atoms with Crippen molar-refractivity contribution in [3.8, 4) is 5.75 Å². The molecule has 1 rings (SSSR count). The molecule has 1 N–H and O–H groups in total. The standard InChI is InChI=1S/C15H22ClNO2/c1-4-6-11(3)9-15(18)17-13-10-12(16)7-8-14(13)19-5-2/h7-8,10-11H,4-6,9H2,1-3H3,(H,17,18). The molecule has 106 valence electrons. The number of carbonyl (C=O) groups excluding carboxylic acids is 1. The summed E-state index contributed by atoms with van der Waals surface area (Å²) < 4.78 is 5.47. The van der Waals surface area contributed by atoms with E-state index in [2.05, 4.69) is 19.2 Å². The maximum Gasteiger partial charge on any atom is 0.224 e. The van der Waals surface area contributed by atoms with Gasteiger partial charge in [0.1, 0.15) is 5.75 Å². The van der Waals surface area contributed by atoms with Crippen LogP contribution in [-0.4, -0.2) is 12.5 Å². The van der Waals surface area contributed by atoms with E-state index in [1.165, 1.54) is 0 Å². The van der Waals surface area contributed by atoms with E-state index in [1.807, 2.05) is 6.92 Å². The second kappa shape index (κ2) is 8.05. The van der Waals surface area contributed by atoms with Gasteiger partial charge >= 0.3 is 0 Å². The Bertz CT molecular complexity index is 421. The summed E-state index contributed by atoms with van der Waals surface area (Å²) in [6.07, 6.45) is 2.67. The van der Waals surface area contributed by atoms with Crippen molar-refractivity contribution in [3.63, 3.8) is 0 Å². The van der Waals surface area contributed by atoms with Crippen molar-refractivity contribution < 1.29 is 9.53 Å². The summed E-state index contributed by atoms with van der Waals surface area (Å²) >= 11 is 5.95. The minimum Gasteiger partial charge on any atom is -0.492 e. The lowest BCUT2D eigenvalue weighted by Crippen LogP contribution is -2.15.